The zero-order valence-corrected chi connectivity index (χ0v) is 15.9. The number of likely N-dealkylation sites (tertiary alicyclic amines) is 1. The minimum Gasteiger partial charge on any atom is -0.369 e. The maximum Gasteiger partial charge on any atom is 0.0367 e. The summed E-state index contributed by atoms with van der Waals surface area (Å²) in [5.41, 5.74) is 1.39. The Hall–Kier alpha value is -1.06. The first-order chi connectivity index (χ1) is 12.3. The van der Waals surface area contributed by atoms with E-state index in [2.05, 4.69) is 52.0 Å². The van der Waals surface area contributed by atoms with Crippen LogP contribution >= 0.6 is 0 Å². The number of piperazine rings is 1. The molecule has 0 radical (unpaired) electrons. The molecule has 1 saturated carbocycles. The Morgan fingerprint density at radius 2 is 1.40 bits per heavy atom. The number of anilines is 1. The molecule has 2 atom stereocenters. The van der Waals surface area contributed by atoms with Gasteiger partial charge in [0.2, 0.25) is 0 Å². The number of hydrogen-bond donors (Lipinski definition) is 0. The number of benzene rings is 1. The van der Waals surface area contributed by atoms with Crippen LogP contribution in [0, 0.1) is 5.92 Å². The second-order valence-electron chi connectivity index (χ2n) is 8.55. The van der Waals surface area contributed by atoms with Crippen molar-refractivity contribution in [3.8, 4) is 0 Å². The van der Waals surface area contributed by atoms with Gasteiger partial charge in [-0.1, -0.05) is 38.0 Å². The standard InChI is InChI=1S/C22H35N3/c1-19-6-5-9-22(18-19)23-12-10-21(11-13-23)25-16-14-24(15-17-25)20-7-3-2-4-8-20/h2-4,7-8,19,21-22H,5-6,9-18H2,1H3/t19-,22-/m1/s1. The fourth-order valence-corrected chi connectivity index (χ4v) is 5.33. The maximum absolute atomic E-state index is 2.83. The van der Waals surface area contributed by atoms with Crippen LogP contribution in [0.25, 0.3) is 0 Å². The van der Waals surface area contributed by atoms with E-state index >= 15 is 0 Å². The van der Waals surface area contributed by atoms with Crippen LogP contribution in [-0.2, 0) is 0 Å². The molecule has 0 N–H and O–H groups in total. The van der Waals surface area contributed by atoms with Gasteiger partial charge in [-0.25, -0.2) is 0 Å². The molecule has 2 heterocycles. The smallest absolute Gasteiger partial charge is 0.0367 e. The van der Waals surface area contributed by atoms with Crippen molar-refractivity contribution >= 4 is 5.69 Å². The highest BCUT2D eigenvalue weighted by molar-refractivity contribution is 5.46. The van der Waals surface area contributed by atoms with Crippen molar-refractivity contribution in [2.75, 3.05) is 44.2 Å². The Labute approximate surface area is 154 Å². The number of nitrogens with zero attached hydrogens (tertiary/aromatic N) is 3. The third-order valence-corrected chi connectivity index (χ3v) is 6.88. The van der Waals surface area contributed by atoms with Gasteiger partial charge in [-0.15, -0.1) is 0 Å². The first-order valence-corrected chi connectivity index (χ1v) is 10.6. The highest BCUT2D eigenvalue weighted by Crippen LogP contribution is 2.30. The van der Waals surface area contributed by atoms with Crippen LogP contribution < -0.4 is 4.90 Å². The molecule has 3 heteroatoms. The molecule has 1 aromatic carbocycles. The normalized spacial score (nSPS) is 30.5. The number of hydrogen-bond acceptors (Lipinski definition) is 3. The fraction of sp³-hybridized carbons (Fsp3) is 0.727. The second kappa shape index (κ2) is 8.09. The van der Waals surface area contributed by atoms with Crippen molar-refractivity contribution in [1.29, 1.82) is 0 Å². The van der Waals surface area contributed by atoms with Gasteiger partial charge < -0.3 is 9.80 Å². The van der Waals surface area contributed by atoms with E-state index in [4.69, 9.17) is 0 Å². The van der Waals surface area contributed by atoms with E-state index in [1.807, 2.05) is 0 Å². The zero-order chi connectivity index (χ0) is 17.1. The summed E-state index contributed by atoms with van der Waals surface area (Å²) in [4.78, 5) is 8.15. The second-order valence-corrected chi connectivity index (χ2v) is 8.55. The Morgan fingerprint density at radius 3 is 2.08 bits per heavy atom. The summed E-state index contributed by atoms with van der Waals surface area (Å²) in [6, 6.07) is 12.6. The lowest BCUT2D eigenvalue weighted by Crippen LogP contribution is -2.54. The summed E-state index contributed by atoms with van der Waals surface area (Å²) in [7, 11) is 0. The average molecular weight is 342 g/mol. The van der Waals surface area contributed by atoms with Gasteiger partial charge in [-0.2, -0.15) is 0 Å². The van der Waals surface area contributed by atoms with Crippen LogP contribution in [0.15, 0.2) is 30.3 Å². The molecular weight excluding hydrogens is 306 g/mol. The molecule has 3 aliphatic rings. The van der Waals surface area contributed by atoms with E-state index in [0.717, 1.165) is 18.0 Å². The monoisotopic (exact) mass is 341 g/mol. The highest BCUT2D eigenvalue weighted by atomic mass is 15.3. The van der Waals surface area contributed by atoms with Crippen molar-refractivity contribution in [1.82, 2.24) is 9.80 Å². The third-order valence-electron chi connectivity index (χ3n) is 6.88. The molecule has 0 aromatic heterocycles. The van der Waals surface area contributed by atoms with Gasteiger partial charge in [0.15, 0.2) is 0 Å². The predicted molar refractivity (Wildman–Crippen MR) is 106 cm³/mol. The molecule has 3 fully saturated rings. The van der Waals surface area contributed by atoms with Crippen molar-refractivity contribution < 1.29 is 0 Å². The lowest BCUT2D eigenvalue weighted by molar-refractivity contribution is 0.0603. The molecular formula is C22H35N3. The highest BCUT2D eigenvalue weighted by Gasteiger charge is 2.31. The van der Waals surface area contributed by atoms with E-state index in [9.17, 15) is 0 Å². The van der Waals surface area contributed by atoms with Gasteiger partial charge in [-0.3, -0.25) is 4.90 Å². The van der Waals surface area contributed by atoms with Crippen LogP contribution in [0.2, 0.25) is 0 Å². The van der Waals surface area contributed by atoms with Crippen LogP contribution in [0.3, 0.4) is 0 Å². The van der Waals surface area contributed by atoms with Crippen LogP contribution in [-0.4, -0.2) is 61.2 Å². The van der Waals surface area contributed by atoms with E-state index < -0.39 is 0 Å². The summed E-state index contributed by atoms with van der Waals surface area (Å²) in [5, 5.41) is 0. The minimum absolute atomic E-state index is 0.829. The van der Waals surface area contributed by atoms with Gasteiger partial charge >= 0.3 is 0 Å². The molecule has 25 heavy (non-hydrogen) atoms. The zero-order valence-electron chi connectivity index (χ0n) is 15.9. The fourth-order valence-electron chi connectivity index (χ4n) is 5.33. The average Bonchev–Trinajstić information content (AvgIpc) is 2.69. The molecule has 0 bridgehead atoms. The van der Waals surface area contributed by atoms with Crippen molar-refractivity contribution in [2.24, 2.45) is 5.92 Å². The van der Waals surface area contributed by atoms with Gasteiger partial charge in [-0.05, 0) is 56.8 Å². The van der Waals surface area contributed by atoms with Crippen LogP contribution in [0.4, 0.5) is 5.69 Å². The molecule has 0 unspecified atom stereocenters. The molecule has 2 aliphatic heterocycles. The largest absolute Gasteiger partial charge is 0.369 e. The molecule has 4 rings (SSSR count). The molecule has 138 valence electrons. The third kappa shape index (κ3) is 4.20. The van der Waals surface area contributed by atoms with Crippen molar-refractivity contribution in [3.63, 3.8) is 0 Å². The molecule has 0 spiro atoms. The number of piperidine rings is 1. The number of para-hydroxylation sites is 1. The van der Waals surface area contributed by atoms with E-state index in [1.165, 1.54) is 83.5 Å². The first kappa shape index (κ1) is 17.4. The Bertz CT molecular complexity index is 515. The molecule has 1 aliphatic carbocycles. The van der Waals surface area contributed by atoms with Gasteiger partial charge in [0.1, 0.15) is 0 Å². The van der Waals surface area contributed by atoms with Gasteiger partial charge in [0, 0.05) is 44.0 Å². The Morgan fingerprint density at radius 1 is 0.720 bits per heavy atom. The van der Waals surface area contributed by atoms with Crippen molar-refractivity contribution in [3.05, 3.63) is 30.3 Å². The first-order valence-electron chi connectivity index (χ1n) is 10.6. The molecule has 0 amide bonds. The van der Waals surface area contributed by atoms with Gasteiger partial charge in [0.05, 0.1) is 0 Å². The lowest BCUT2D eigenvalue weighted by Gasteiger charge is -2.45. The topological polar surface area (TPSA) is 9.72 Å². The molecule has 2 saturated heterocycles. The van der Waals surface area contributed by atoms with E-state index in [-0.39, 0.29) is 0 Å². The summed E-state index contributed by atoms with van der Waals surface area (Å²) in [5.74, 6) is 0.947. The lowest BCUT2D eigenvalue weighted by atomic mass is 9.85. The van der Waals surface area contributed by atoms with E-state index in [1.54, 1.807) is 0 Å². The quantitative estimate of drug-likeness (QED) is 0.827. The molecule has 1 aromatic rings. The van der Waals surface area contributed by atoms with Crippen molar-refractivity contribution in [2.45, 2.75) is 57.5 Å². The van der Waals surface area contributed by atoms with Crippen LogP contribution in [0.5, 0.6) is 0 Å². The molecule has 3 nitrogen and oxygen atoms in total. The Balaban J connectivity index is 1.24. The minimum atomic E-state index is 0.829. The van der Waals surface area contributed by atoms with Gasteiger partial charge in [0.25, 0.3) is 0 Å². The summed E-state index contributed by atoms with van der Waals surface area (Å²) in [6.07, 6.45) is 8.57. The van der Waals surface area contributed by atoms with Crippen LogP contribution in [0.1, 0.15) is 45.4 Å². The summed E-state index contributed by atoms with van der Waals surface area (Å²) < 4.78 is 0. The predicted octanol–water partition coefficient (Wildman–Crippen LogP) is 3.85. The maximum atomic E-state index is 2.83. The Kier molecular flexibility index (Phi) is 5.62. The summed E-state index contributed by atoms with van der Waals surface area (Å²) in [6.45, 7) is 9.96. The summed E-state index contributed by atoms with van der Waals surface area (Å²) >= 11 is 0. The SMILES string of the molecule is C[C@@H]1CCC[C@@H](N2CCC(N3CCN(c4ccccc4)CC3)CC2)C1. The number of rotatable bonds is 3. The van der Waals surface area contributed by atoms with E-state index in [0.29, 0.717) is 0 Å².